The number of furan rings is 1. The van der Waals surface area contributed by atoms with E-state index in [1.165, 1.54) is 11.1 Å². The highest BCUT2D eigenvalue weighted by Crippen LogP contribution is 2.37. The van der Waals surface area contributed by atoms with Gasteiger partial charge in [0.2, 0.25) is 0 Å². The molecule has 0 saturated carbocycles. The van der Waals surface area contributed by atoms with Gasteiger partial charge in [-0.25, -0.2) is 4.39 Å². The van der Waals surface area contributed by atoms with Crippen molar-refractivity contribution in [3.63, 3.8) is 0 Å². The van der Waals surface area contributed by atoms with Gasteiger partial charge in [0.05, 0.1) is 12.9 Å². The molecule has 0 amide bonds. The number of likely N-dealkylation sites (tertiary alicyclic amines) is 1. The quantitative estimate of drug-likeness (QED) is 0.438. The van der Waals surface area contributed by atoms with Crippen LogP contribution >= 0.6 is 0 Å². The van der Waals surface area contributed by atoms with Gasteiger partial charge in [0.15, 0.2) is 0 Å². The Labute approximate surface area is 178 Å². The second-order valence-corrected chi connectivity index (χ2v) is 8.36. The zero-order valence-corrected chi connectivity index (χ0v) is 17.6. The van der Waals surface area contributed by atoms with Gasteiger partial charge in [0, 0.05) is 30.7 Å². The van der Waals surface area contributed by atoms with Crippen molar-refractivity contribution in [1.82, 2.24) is 4.90 Å². The number of aryl methyl sites for hydroxylation is 1. The Hall–Kier alpha value is -2.43. The highest BCUT2D eigenvalue weighted by molar-refractivity contribution is 5.61. The lowest BCUT2D eigenvalue weighted by atomic mass is 9.82. The number of halogens is 1. The van der Waals surface area contributed by atoms with Gasteiger partial charge < -0.3 is 9.15 Å². The third-order valence-electron chi connectivity index (χ3n) is 6.18. The highest BCUT2D eigenvalue weighted by atomic mass is 19.1. The number of benzene rings is 2. The monoisotopic (exact) mass is 407 g/mol. The Balaban J connectivity index is 1.45. The maximum Gasteiger partial charge on any atom is 0.134 e. The van der Waals surface area contributed by atoms with Gasteiger partial charge in [0.1, 0.15) is 11.6 Å². The molecule has 0 unspecified atom stereocenters. The standard InChI is InChI=1S/C26H30FNO2/c1-2-29-20-26(14-13-21-9-11-23(27)12-10-21)15-16-28(19-26)18-22-6-3-4-7-24(22)25-8-5-17-30-25/h3-12,17H,2,13-16,18-20H2,1H3/t26-/m1/s1. The molecule has 4 rings (SSSR count). The van der Waals surface area contributed by atoms with Crippen molar-refractivity contribution in [2.75, 3.05) is 26.3 Å². The molecule has 0 N–H and O–H groups in total. The predicted molar refractivity (Wildman–Crippen MR) is 118 cm³/mol. The van der Waals surface area contributed by atoms with E-state index in [0.29, 0.717) is 0 Å². The van der Waals surface area contributed by atoms with E-state index in [1.807, 2.05) is 24.3 Å². The molecule has 1 saturated heterocycles. The molecule has 1 aromatic heterocycles. The summed E-state index contributed by atoms with van der Waals surface area (Å²) in [6.45, 7) is 6.55. The van der Waals surface area contributed by atoms with E-state index in [1.54, 1.807) is 18.4 Å². The first-order valence-corrected chi connectivity index (χ1v) is 10.8. The molecule has 1 aliphatic rings. The van der Waals surface area contributed by atoms with E-state index in [9.17, 15) is 4.39 Å². The number of ether oxygens (including phenoxy) is 1. The fourth-order valence-electron chi connectivity index (χ4n) is 4.51. The lowest BCUT2D eigenvalue weighted by Gasteiger charge is -2.29. The molecule has 2 heterocycles. The van der Waals surface area contributed by atoms with Crippen molar-refractivity contribution in [2.24, 2.45) is 5.41 Å². The molecular formula is C26H30FNO2. The average Bonchev–Trinajstić information content (AvgIpc) is 3.43. The van der Waals surface area contributed by atoms with Crippen LogP contribution < -0.4 is 0 Å². The van der Waals surface area contributed by atoms with Crippen LogP contribution in [0.4, 0.5) is 4.39 Å². The van der Waals surface area contributed by atoms with Crippen molar-refractivity contribution in [2.45, 2.75) is 32.7 Å². The molecule has 2 aromatic carbocycles. The van der Waals surface area contributed by atoms with Gasteiger partial charge in [-0.15, -0.1) is 0 Å². The van der Waals surface area contributed by atoms with Crippen molar-refractivity contribution in [1.29, 1.82) is 0 Å². The molecule has 0 bridgehead atoms. The molecule has 0 aliphatic carbocycles. The van der Waals surface area contributed by atoms with E-state index in [0.717, 1.165) is 63.4 Å². The van der Waals surface area contributed by atoms with Crippen LogP contribution in [0.5, 0.6) is 0 Å². The lowest BCUT2D eigenvalue weighted by Crippen LogP contribution is -2.32. The Morgan fingerprint density at radius 1 is 1.07 bits per heavy atom. The summed E-state index contributed by atoms with van der Waals surface area (Å²) in [6, 6.07) is 19.3. The summed E-state index contributed by atoms with van der Waals surface area (Å²) in [4.78, 5) is 2.53. The van der Waals surface area contributed by atoms with Gasteiger partial charge >= 0.3 is 0 Å². The molecule has 1 fully saturated rings. The van der Waals surface area contributed by atoms with Crippen molar-refractivity contribution in [3.8, 4) is 11.3 Å². The van der Waals surface area contributed by atoms with Crippen LogP contribution in [-0.4, -0.2) is 31.2 Å². The fraction of sp³-hybridized carbons (Fsp3) is 0.385. The Morgan fingerprint density at radius 3 is 2.67 bits per heavy atom. The van der Waals surface area contributed by atoms with Gasteiger partial charge in [0.25, 0.3) is 0 Å². The Bertz CT molecular complexity index is 922. The van der Waals surface area contributed by atoms with Crippen LogP contribution in [0, 0.1) is 11.2 Å². The minimum atomic E-state index is -0.176. The Morgan fingerprint density at radius 2 is 1.90 bits per heavy atom. The number of hydrogen-bond donors (Lipinski definition) is 0. The topological polar surface area (TPSA) is 25.6 Å². The summed E-state index contributed by atoms with van der Waals surface area (Å²) in [7, 11) is 0. The maximum atomic E-state index is 13.2. The maximum absolute atomic E-state index is 13.2. The number of hydrogen-bond acceptors (Lipinski definition) is 3. The molecular weight excluding hydrogens is 377 g/mol. The zero-order valence-electron chi connectivity index (χ0n) is 17.6. The molecule has 1 atom stereocenters. The first-order valence-electron chi connectivity index (χ1n) is 10.8. The summed E-state index contributed by atoms with van der Waals surface area (Å²) < 4.78 is 24.8. The van der Waals surface area contributed by atoms with Crippen LogP contribution in [0.2, 0.25) is 0 Å². The molecule has 0 spiro atoms. The smallest absolute Gasteiger partial charge is 0.134 e. The van der Waals surface area contributed by atoms with E-state index in [4.69, 9.17) is 9.15 Å². The molecule has 4 heteroatoms. The second-order valence-electron chi connectivity index (χ2n) is 8.36. The highest BCUT2D eigenvalue weighted by Gasteiger charge is 2.38. The molecule has 0 radical (unpaired) electrons. The van der Waals surface area contributed by atoms with Crippen LogP contribution in [-0.2, 0) is 17.7 Å². The molecule has 3 aromatic rings. The summed E-state index contributed by atoms with van der Waals surface area (Å²) in [5.74, 6) is 0.742. The van der Waals surface area contributed by atoms with Crippen molar-refractivity contribution in [3.05, 3.63) is 83.9 Å². The largest absolute Gasteiger partial charge is 0.464 e. The second kappa shape index (κ2) is 9.59. The van der Waals surface area contributed by atoms with Gasteiger partial charge in [-0.2, -0.15) is 0 Å². The van der Waals surface area contributed by atoms with Crippen LogP contribution in [0.15, 0.2) is 71.3 Å². The van der Waals surface area contributed by atoms with E-state index < -0.39 is 0 Å². The average molecular weight is 408 g/mol. The van der Waals surface area contributed by atoms with E-state index >= 15 is 0 Å². The minimum Gasteiger partial charge on any atom is -0.464 e. The number of nitrogens with zero attached hydrogens (tertiary/aromatic N) is 1. The third-order valence-corrected chi connectivity index (χ3v) is 6.18. The van der Waals surface area contributed by atoms with Crippen LogP contribution in [0.3, 0.4) is 0 Å². The Kier molecular flexibility index (Phi) is 6.66. The molecule has 30 heavy (non-hydrogen) atoms. The normalized spacial score (nSPS) is 19.4. The SMILES string of the molecule is CCOC[C@]1(CCc2ccc(F)cc2)CCN(Cc2ccccc2-c2ccco2)C1. The van der Waals surface area contributed by atoms with E-state index in [2.05, 4.69) is 36.1 Å². The predicted octanol–water partition coefficient (Wildman–Crippen LogP) is 5.95. The molecule has 158 valence electrons. The summed E-state index contributed by atoms with van der Waals surface area (Å²) in [6.07, 6.45) is 4.85. The fourth-order valence-corrected chi connectivity index (χ4v) is 4.51. The zero-order chi connectivity index (χ0) is 20.8. The van der Waals surface area contributed by atoms with Crippen molar-refractivity contribution >= 4 is 0 Å². The molecule has 1 aliphatic heterocycles. The van der Waals surface area contributed by atoms with Gasteiger partial charge in [-0.3, -0.25) is 4.90 Å². The summed E-state index contributed by atoms with van der Waals surface area (Å²) in [5.41, 5.74) is 3.78. The minimum absolute atomic E-state index is 0.143. The van der Waals surface area contributed by atoms with E-state index in [-0.39, 0.29) is 11.2 Å². The summed E-state index contributed by atoms with van der Waals surface area (Å²) in [5, 5.41) is 0. The molecule has 3 nitrogen and oxygen atoms in total. The lowest BCUT2D eigenvalue weighted by molar-refractivity contribution is 0.0489. The third kappa shape index (κ3) is 5.00. The van der Waals surface area contributed by atoms with Crippen LogP contribution in [0.1, 0.15) is 30.9 Å². The number of rotatable bonds is 9. The van der Waals surface area contributed by atoms with Gasteiger partial charge in [-0.05, 0) is 68.1 Å². The van der Waals surface area contributed by atoms with Crippen LogP contribution in [0.25, 0.3) is 11.3 Å². The first kappa shape index (κ1) is 20.8. The van der Waals surface area contributed by atoms with Gasteiger partial charge in [-0.1, -0.05) is 36.4 Å². The first-order chi connectivity index (χ1) is 14.7. The van der Waals surface area contributed by atoms with Crippen molar-refractivity contribution < 1.29 is 13.5 Å². The summed E-state index contributed by atoms with van der Waals surface area (Å²) >= 11 is 0.